The SMILES string of the molecule is NS(=O)(=O)c1cc(F)c(OCCc2ccccn2)c(F)c1. The van der Waals surface area contributed by atoms with E-state index < -0.39 is 32.3 Å². The second-order valence-corrected chi connectivity index (χ2v) is 5.74. The minimum atomic E-state index is -4.17. The van der Waals surface area contributed by atoms with Gasteiger partial charge in [-0.1, -0.05) is 6.07 Å². The lowest BCUT2D eigenvalue weighted by molar-refractivity contribution is 0.286. The van der Waals surface area contributed by atoms with Crippen LogP contribution in [0.4, 0.5) is 8.78 Å². The molecule has 0 atom stereocenters. The van der Waals surface area contributed by atoms with Crippen LogP contribution < -0.4 is 9.88 Å². The lowest BCUT2D eigenvalue weighted by Crippen LogP contribution is -2.13. The van der Waals surface area contributed by atoms with Crippen molar-refractivity contribution in [2.75, 3.05) is 6.61 Å². The van der Waals surface area contributed by atoms with Crippen molar-refractivity contribution in [3.63, 3.8) is 0 Å². The summed E-state index contributed by atoms with van der Waals surface area (Å²) in [6.07, 6.45) is 1.95. The second-order valence-electron chi connectivity index (χ2n) is 4.18. The maximum Gasteiger partial charge on any atom is 0.238 e. The minimum Gasteiger partial charge on any atom is -0.487 e. The van der Waals surface area contributed by atoms with Gasteiger partial charge >= 0.3 is 0 Å². The number of pyridine rings is 1. The molecule has 112 valence electrons. The van der Waals surface area contributed by atoms with Gasteiger partial charge in [0.25, 0.3) is 0 Å². The highest BCUT2D eigenvalue weighted by Crippen LogP contribution is 2.25. The van der Waals surface area contributed by atoms with Crippen molar-refractivity contribution in [2.45, 2.75) is 11.3 Å². The number of primary sulfonamides is 1. The summed E-state index contributed by atoms with van der Waals surface area (Å²) in [7, 11) is -4.17. The summed E-state index contributed by atoms with van der Waals surface area (Å²) in [6.45, 7) is -0.000422. The largest absolute Gasteiger partial charge is 0.487 e. The maximum atomic E-state index is 13.7. The van der Waals surface area contributed by atoms with Crippen LogP contribution in [-0.2, 0) is 16.4 Å². The first-order valence-electron chi connectivity index (χ1n) is 5.92. The van der Waals surface area contributed by atoms with Crippen LogP contribution in [-0.4, -0.2) is 20.0 Å². The number of hydrogen-bond acceptors (Lipinski definition) is 4. The summed E-state index contributed by atoms with van der Waals surface area (Å²) in [5, 5.41) is 4.81. The van der Waals surface area contributed by atoms with Crippen LogP contribution in [0.2, 0.25) is 0 Å². The van der Waals surface area contributed by atoms with Gasteiger partial charge in [0, 0.05) is 18.3 Å². The number of aromatic nitrogens is 1. The molecule has 0 amide bonds. The molecule has 0 fully saturated rings. The van der Waals surface area contributed by atoms with Gasteiger partial charge in [-0.2, -0.15) is 0 Å². The summed E-state index contributed by atoms with van der Waals surface area (Å²) in [5.74, 6) is -2.89. The zero-order valence-electron chi connectivity index (χ0n) is 10.8. The quantitative estimate of drug-likeness (QED) is 0.909. The van der Waals surface area contributed by atoms with E-state index in [9.17, 15) is 17.2 Å². The van der Waals surface area contributed by atoms with Crippen molar-refractivity contribution in [3.8, 4) is 5.75 Å². The molecule has 0 unspecified atom stereocenters. The molecule has 1 aromatic heterocycles. The Kier molecular flexibility index (Phi) is 4.49. The Morgan fingerprint density at radius 1 is 1.19 bits per heavy atom. The van der Waals surface area contributed by atoms with E-state index in [1.165, 1.54) is 0 Å². The Bertz CT molecular complexity index is 713. The molecule has 21 heavy (non-hydrogen) atoms. The van der Waals surface area contributed by atoms with Crippen molar-refractivity contribution < 1.29 is 21.9 Å². The Balaban J connectivity index is 2.11. The average Bonchev–Trinajstić information content (AvgIpc) is 2.42. The third kappa shape index (κ3) is 3.96. The van der Waals surface area contributed by atoms with E-state index in [-0.39, 0.29) is 6.61 Å². The van der Waals surface area contributed by atoms with E-state index in [1.807, 2.05) is 0 Å². The smallest absolute Gasteiger partial charge is 0.238 e. The molecule has 0 spiro atoms. The molecule has 5 nitrogen and oxygen atoms in total. The van der Waals surface area contributed by atoms with Crippen molar-refractivity contribution in [3.05, 3.63) is 53.9 Å². The average molecular weight is 314 g/mol. The third-order valence-corrected chi connectivity index (χ3v) is 3.52. The normalized spacial score (nSPS) is 11.4. The van der Waals surface area contributed by atoms with Gasteiger partial charge < -0.3 is 4.74 Å². The van der Waals surface area contributed by atoms with Gasteiger partial charge in [0.1, 0.15) is 0 Å². The fourth-order valence-electron chi connectivity index (χ4n) is 1.64. The first-order chi connectivity index (χ1) is 9.88. The molecule has 2 rings (SSSR count). The summed E-state index contributed by atoms with van der Waals surface area (Å²) >= 11 is 0. The summed E-state index contributed by atoms with van der Waals surface area (Å²) < 4.78 is 54.4. The molecule has 0 saturated heterocycles. The fraction of sp³-hybridized carbons (Fsp3) is 0.154. The number of halogens is 2. The molecular formula is C13H12F2N2O3S. The second kappa shape index (κ2) is 6.15. The predicted molar refractivity (Wildman–Crippen MR) is 71.2 cm³/mol. The molecular weight excluding hydrogens is 302 g/mol. The molecule has 2 aromatic rings. The van der Waals surface area contributed by atoms with Gasteiger partial charge in [-0.15, -0.1) is 0 Å². The Morgan fingerprint density at radius 3 is 2.38 bits per heavy atom. The molecule has 0 radical (unpaired) electrons. The number of hydrogen-bond donors (Lipinski definition) is 1. The van der Waals surface area contributed by atoms with E-state index in [0.29, 0.717) is 24.2 Å². The number of rotatable bonds is 5. The summed E-state index contributed by atoms with van der Waals surface area (Å²) in [6, 6.07) is 6.52. The molecule has 1 aromatic carbocycles. The van der Waals surface area contributed by atoms with E-state index >= 15 is 0 Å². The maximum absolute atomic E-state index is 13.7. The van der Waals surface area contributed by atoms with Crippen LogP contribution in [0.5, 0.6) is 5.75 Å². The first-order valence-corrected chi connectivity index (χ1v) is 7.47. The first kappa shape index (κ1) is 15.3. The van der Waals surface area contributed by atoms with Crippen LogP contribution in [0.15, 0.2) is 41.4 Å². The van der Waals surface area contributed by atoms with Crippen LogP contribution in [0, 0.1) is 11.6 Å². The topological polar surface area (TPSA) is 82.3 Å². The standard InChI is InChI=1S/C13H12F2N2O3S/c14-11-7-10(21(16,18)19)8-12(15)13(11)20-6-4-9-3-1-2-5-17-9/h1-3,5,7-8H,4,6H2,(H2,16,18,19). The number of nitrogens with two attached hydrogens (primary N) is 1. The van der Waals surface area contributed by atoms with Gasteiger partial charge in [-0.3, -0.25) is 4.98 Å². The number of ether oxygens (including phenoxy) is 1. The molecule has 8 heteroatoms. The molecule has 0 aliphatic heterocycles. The molecule has 0 aliphatic carbocycles. The van der Waals surface area contributed by atoms with E-state index in [4.69, 9.17) is 9.88 Å². The third-order valence-electron chi connectivity index (χ3n) is 2.63. The monoisotopic (exact) mass is 314 g/mol. The van der Waals surface area contributed by atoms with Crippen molar-refractivity contribution in [1.82, 2.24) is 4.98 Å². The van der Waals surface area contributed by atoms with E-state index in [1.54, 1.807) is 24.4 Å². The molecule has 2 N–H and O–H groups in total. The van der Waals surface area contributed by atoms with Crippen molar-refractivity contribution >= 4 is 10.0 Å². The summed E-state index contributed by atoms with van der Waals surface area (Å²) in [4.78, 5) is 3.39. The Hall–Kier alpha value is -2.06. The van der Waals surface area contributed by atoms with Crippen LogP contribution >= 0.6 is 0 Å². The van der Waals surface area contributed by atoms with E-state index in [2.05, 4.69) is 4.98 Å². The van der Waals surface area contributed by atoms with Crippen molar-refractivity contribution in [1.29, 1.82) is 0 Å². The van der Waals surface area contributed by atoms with Gasteiger partial charge in [0.2, 0.25) is 10.0 Å². The Morgan fingerprint density at radius 2 is 1.86 bits per heavy atom. The van der Waals surface area contributed by atoms with Gasteiger partial charge in [-0.05, 0) is 24.3 Å². The minimum absolute atomic E-state index is 0.000422. The number of benzene rings is 1. The zero-order chi connectivity index (χ0) is 15.5. The molecule has 0 bridgehead atoms. The summed E-state index contributed by atoms with van der Waals surface area (Å²) in [5.41, 5.74) is 0.708. The van der Waals surface area contributed by atoms with Crippen LogP contribution in [0.1, 0.15) is 5.69 Å². The molecule has 1 heterocycles. The molecule has 0 saturated carbocycles. The van der Waals surface area contributed by atoms with Gasteiger partial charge in [0.05, 0.1) is 11.5 Å². The van der Waals surface area contributed by atoms with Gasteiger partial charge in [-0.25, -0.2) is 22.3 Å². The van der Waals surface area contributed by atoms with Crippen molar-refractivity contribution in [2.24, 2.45) is 5.14 Å². The predicted octanol–water partition coefficient (Wildman–Crippen LogP) is 1.63. The fourth-order valence-corrected chi connectivity index (χ4v) is 2.18. The number of sulfonamides is 1. The lowest BCUT2D eigenvalue weighted by atomic mass is 10.3. The zero-order valence-corrected chi connectivity index (χ0v) is 11.6. The highest BCUT2D eigenvalue weighted by molar-refractivity contribution is 7.89. The molecule has 0 aliphatic rings. The Labute approximate surface area is 120 Å². The van der Waals surface area contributed by atoms with E-state index in [0.717, 1.165) is 0 Å². The highest BCUT2D eigenvalue weighted by Gasteiger charge is 2.18. The number of nitrogens with zero attached hydrogens (tertiary/aromatic N) is 1. The van der Waals surface area contributed by atoms with Crippen LogP contribution in [0.25, 0.3) is 0 Å². The lowest BCUT2D eigenvalue weighted by Gasteiger charge is -2.09. The highest BCUT2D eigenvalue weighted by atomic mass is 32.2. The van der Waals surface area contributed by atoms with Crippen LogP contribution in [0.3, 0.4) is 0 Å². The van der Waals surface area contributed by atoms with Gasteiger partial charge in [0.15, 0.2) is 17.4 Å².